The molecule has 0 heterocycles. The molecule has 0 aliphatic carbocycles. The molecule has 1 rings (SSSR count). The largest absolute Gasteiger partial charge is 0.397 e. The van der Waals surface area contributed by atoms with Crippen molar-refractivity contribution in [3.8, 4) is 0 Å². The second-order valence-corrected chi connectivity index (χ2v) is 4.20. The van der Waals surface area contributed by atoms with Gasteiger partial charge in [-0.25, -0.2) is 0 Å². The standard InChI is InChI=1S/C12H19ClN2O/c1-2-3-6-15(7-8-16)12-5-4-10(13)9-11(12)14/h4-5,9,16H,2-3,6-8,14H2,1H3. The van der Waals surface area contributed by atoms with E-state index in [-0.39, 0.29) is 6.61 Å². The number of hydrogen-bond donors (Lipinski definition) is 2. The Bertz CT molecular complexity index is 331. The van der Waals surface area contributed by atoms with Crippen LogP contribution in [0.15, 0.2) is 18.2 Å². The van der Waals surface area contributed by atoms with Crippen molar-refractivity contribution in [2.24, 2.45) is 0 Å². The van der Waals surface area contributed by atoms with Crippen molar-refractivity contribution in [1.82, 2.24) is 0 Å². The van der Waals surface area contributed by atoms with Gasteiger partial charge in [0.25, 0.3) is 0 Å². The molecule has 0 fully saturated rings. The highest BCUT2D eigenvalue weighted by Gasteiger charge is 2.08. The van der Waals surface area contributed by atoms with Gasteiger partial charge in [0.1, 0.15) is 0 Å². The van der Waals surface area contributed by atoms with Gasteiger partial charge in [-0.3, -0.25) is 0 Å². The minimum Gasteiger partial charge on any atom is -0.397 e. The second-order valence-electron chi connectivity index (χ2n) is 3.77. The molecule has 0 amide bonds. The number of aliphatic hydroxyl groups is 1. The van der Waals surface area contributed by atoms with Gasteiger partial charge in [0, 0.05) is 18.1 Å². The van der Waals surface area contributed by atoms with Gasteiger partial charge in [-0.1, -0.05) is 24.9 Å². The van der Waals surface area contributed by atoms with Crippen molar-refractivity contribution in [3.05, 3.63) is 23.2 Å². The lowest BCUT2D eigenvalue weighted by molar-refractivity contribution is 0.301. The van der Waals surface area contributed by atoms with Crippen LogP contribution in [0.25, 0.3) is 0 Å². The first kappa shape index (κ1) is 13.1. The third-order valence-electron chi connectivity index (χ3n) is 2.48. The number of nitrogens with two attached hydrogens (primary N) is 1. The highest BCUT2D eigenvalue weighted by molar-refractivity contribution is 6.31. The van der Waals surface area contributed by atoms with Crippen LogP contribution in [0.2, 0.25) is 5.02 Å². The Kier molecular flexibility index (Phi) is 5.43. The molecule has 1 aromatic carbocycles. The smallest absolute Gasteiger partial charge is 0.0606 e. The summed E-state index contributed by atoms with van der Waals surface area (Å²) in [5.74, 6) is 0. The number of anilines is 2. The molecule has 0 aromatic heterocycles. The lowest BCUT2D eigenvalue weighted by atomic mass is 10.2. The van der Waals surface area contributed by atoms with Gasteiger partial charge in [0.05, 0.1) is 18.0 Å². The molecule has 0 atom stereocenters. The summed E-state index contributed by atoms with van der Waals surface area (Å²) in [5, 5.41) is 9.67. The van der Waals surface area contributed by atoms with Crippen LogP contribution in [-0.2, 0) is 0 Å². The molecule has 0 aliphatic heterocycles. The molecule has 0 bridgehead atoms. The van der Waals surface area contributed by atoms with Crippen LogP contribution >= 0.6 is 11.6 Å². The summed E-state index contributed by atoms with van der Waals surface area (Å²) in [7, 11) is 0. The molecule has 0 spiro atoms. The van der Waals surface area contributed by atoms with Gasteiger partial charge in [-0.2, -0.15) is 0 Å². The van der Waals surface area contributed by atoms with Crippen LogP contribution < -0.4 is 10.6 Å². The van der Waals surface area contributed by atoms with Gasteiger partial charge in [-0.05, 0) is 24.6 Å². The van der Waals surface area contributed by atoms with Crippen LogP contribution in [0.4, 0.5) is 11.4 Å². The molecule has 16 heavy (non-hydrogen) atoms. The maximum atomic E-state index is 9.03. The Morgan fingerprint density at radius 2 is 2.12 bits per heavy atom. The van der Waals surface area contributed by atoms with Crippen molar-refractivity contribution >= 4 is 23.0 Å². The number of unbranched alkanes of at least 4 members (excludes halogenated alkanes) is 1. The first-order valence-corrected chi connectivity index (χ1v) is 5.97. The van der Waals surface area contributed by atoms with Crippen molar-refractivity contribution < 1.29 is 5.11 Å². The van der Waals surface area contributed by atoms with Gasteiger partial charge in [0.15, 0.2) is 0 Å². The summed E-state index contributed by atoms with van der Waals surface area (Å²) in [6.45, 7) is 3.78. The quantitative estimate of drug-likeness (QED) is 0.754. The Morgan fingerprint density at radius 1 is 1.38 bits per heavy atom. The summed E-state index contributed by atoms with van der Waals surface area (Å²) in [6, 6.07) is 5.47. The third kappa shape index (κ3) is 3.58. The summed E-state index contributed by atoms with van der Waals surface area (Å²) < 4.78 is 0. The summed E-state index contributed by atoms with van der Waals surface area (Å²) >= 11 is 5.86. The molecular weight excluding hydrogens is 224 g/mol. The monoisotopic (exact) mass is 242 g/mol. The lowest BCUT2D eigenvalue weighted by Gasteiger charge is -2.25. The highest BCUT2D eigenvalue weighted by Crippen LogP contribution is 2.26. The molecule has 0 saturated heterocycles. The number of aliphatic hydroxyl groups excluding tert-OH is 1. The minimum atomic E-state index is 0.131. The predicted molar refractivity (Wildman–Crippen MR) is 70.1 cm³/mol. The number of rotatable bonds is 6. The van der Waals surface area contributed by atoms with Crippen LogP contribution in [-0.4, -0.2) is 24.8 Å². The molecule has 1 aromatic rings. The maximum absolute atomic E-state index is 9.03. The molecule has 4 heteroatoms. The Labute approximate surface area is 102 Å². The number of hydrogen-bond acceptors (Lipinski definition) is 3. The van der Waals surface area contributed by atoms with Crippen molar-refractivity contribution in [2.75, 3.05) is 30.3 Å². The highest BCUT2D eigenvalue weighted by atomic mass is 35.5. The first-order valence-electron chi connectivity index (χ1n) is 5.60. The van der Waals surface area contributed by atoms with Gasteiger partial charge in [-0.15, -0.1) is 0 Å². The zero-order valence-electron chi connectivity index (χ0n) is 9.62. The minimum absolute atomic E-state index is 0.131. The van der Waals surface area contributed by atoms with Crippen LogP contribution in [0.1, 0.15) is 19.8 Å². The molecule has 0 radical (unpaired) electrons. The van der Waals surface area contributed by atoms with Crippen LogP contribution in [0.5, 0.6) is 0 Å². The van der Waals surface area contributed by atoms with Crippen molar-refractivity contribution in [2.45, 2.75) is 19.8 Å². The van der Waals surface area contributed by atoms with E-state index in [9.17, 15) is 0 Å². The predicted octanol–water partition coefficient (Wildman–Crippen LogP) is 2.52. The molecule has 0 aliphatic rings. The first-order chi connectivity index (χ1) is 7.69. The van der Waals surface area contributed by atoms with Crippen LogP contribution in [0.3, 0.4) is 0 Å². The summed E-state index contributed by atoms with van der Waals surface area (Å²) in [5.41, 5.74) is 7.53. The van der Waals surface area contributed by atoms with E-state index in [0.717, 1.165) is 25.1 Å². The Balaban J connectivity index is 2.82. The number of nitrogen functional groups attached to an aromatic ring is 1. The fraction of sp³-hybridized carbons (Fsp3) is 0.500. The van der Waals surface area contributed by atoms with E-state index in [1.165, 1.54) is 0 Å². The molecule has 0 unspecified atom stereocenters. The lowest BCUT2D eigenvalue weighted by Crippen LogP contribution is -2.28. The van der Waals surface area contributed by atoms with Crippen molar-refractivity contribution in [1.29, 1.82) is 0 Å². The van der Waals surface area contributed by atoms with Crippen LogP contribution in [0, 0.1) is 0 Å². The topological polar surface area (TPSA) is 49.5 Å². The van der Waals surface area contributed by atoms with E-state index in [1.807, 2.05) is 12.1 Å². The molecule has 90 valence electrons. The van der Waals surface area contributed by atoms with Gasteiger partial charge in [0.2, 0.25) is 0 Å². The Morgan fingerprint density at radius 3 is 2.69 bits per heavy atom. The average Bonchev–Trinajstić information content (AvgIpc) is 2.25. The van der Waals surface area contributed by atoms with Gasteiger partial charge >= 0.3 is 0 Å². The zero-order valence-corrected chi connectivity index (χ0v) is 10.4. The van der Waals surface area contributed by atoms with E-state index in [0.29, 0.717) is 17.3 Å². The number of nitrogens with zero attached hydrogens (tertiary/aromatic N) is 1. The number of halogens is 1. The number of benzene rings is 1. The van der Waals surface area contributed by atoms with E-state index >= 15 is 0 Å². The second kappa shape index (κ2) is 6.61. The molecule has 0 saturated carbocycles. The Hall–Kier alpha value is -0.930. The molecular formula is C12H19ClN2O. The normalized spacial score (nSPS) is 10.4. The van der Waals surface area contributed by atoms with E-state index in [1.54, 1.807) is 6.07 Å². The molecule has 3 N–H and O–H groups in total. The van der Waals surface area contributed by atoms with Crippen molar-refractivity contribution in [3.63, 3.8) is 0 Å². The van der Waals surface area contributed by atoms with E-state index < -0.39 is 0 Å². The average molecular weight is 243 g/mol. The van der Waals surface area contributed by atoms with E-state index in [4.69, 9.17) is 22.4 Å². The fourth-order valence-electron chi connectivity index (χ4n) is 1.64. The van der Waals surface area contributed by atoms with Gasteiger partial charge < -0.3 is 15.7 Å². The molecule has 3 nitrogen and oxygen atoms in total. The SMILES string of the molecule is CCCCN(CCO)c1ccc(Cl)cc1N. The fourth-order valence-corrected chi connectivity index (χ4v) is 1.82. The maximum Gasteiger partial charge on any atom is 0.0606 e. The zero-order chi connectivity index (χ0) is 12.0. The summed E-state index contributed by atoms with van der Waals surface area (Å²) in [4.78, 5) is 2.09. The third-order valence-corrected chi connectivity index (χ3v) is 2.72. The van der Waals surface area contributed by atoms with E-state index in [2.05, 4.69) is 11.8 Å². The summed E-state index contributed by atoms with van der Waals surface area (Å²) in [6.07, 6.45) is 2.21.